The SMILES string of the molecule is CCc1cccc(C(C)C)c1N(C)[Si](C)(C)c1cccc(C(C)(C)C)c1O.[Cl][Zr][Cl]. The molecule has 0 atom stereocenters. The minimum atomic E-state index is -2.12. The molecule has 0 aliphatic heterocycles. The Morgan fingerprint density at radius 3 is 2.07 bits per heavy atom. The molecule has 0 radical (unpaired) electrons. The van der Waals surface area contributed by atoms with Gasteiger partial charge in [0.2, 0.25) is 0 Å². The van der Waals surface area contributed by atoms with Crippen LogP contribution in [0.25, 0.3) is 0 Å². The number of anilines is 1. The molecule has 0 aliphatic carbocycles. The molecular formula is C24H37Cl2NOSiZr. The van der Waals surface area contributed by atoms with Crippen LogP contribution in [0.15, 0.2) is 36.4 Å². The van der Waals surface area contributed by atoms with Crippen molar-refractivity contribution in [3.05, 3.63) is 53.1 Å². The fraction of sp³-hybridized carbons (Fsp3) is 0.500. The van der Waals surface area contributed by atoms with Crippen molar-refractivity contribution in [2.75, 3.05) is 11.6 Å². The third-order valence-corrected chi connectivity index (χ3v) is 9.45. The van der Waals surface area contributed by atoms with Crippen LogP contribution in [0, 0.1) is 0 Å². The van der Waals surface area contributed by atoms with E-state index in [4.69, 9.17) is 17.0 Å². The molecule has 6 heteroatoms. The summed E-state index contributed by atoms with van der Waals surface area (Å²) in [5.74, 6) is 0.946. The Kier molecular flexibility index (Phi) is 10.7. The van der Waals surface area contributed by atoms with Gasteiger partial charge in [0.05, 0.1) is 0 Å². The summed E-state index contributed by atoms with van der Waals surface area (Å²) in [6, 6.07) is 13.0. The Morgan fingerprint density at radius 2 is 1.60 bits per heavy atom. The maximum atomic E-state index is 11.2. The van der Waals surface area contributed by atoms with E-state index in [1.54, 1.807) is 0 Å². The van der Waals surface area contributed by atoms with Crippen molar-refractivity contribution in [3.63, 3.8) is 0 Å². The third kappa shape index (κ3) is 6.37. The van der Waals surface area contributed by atoms with E-state index in [0.717, 1.165) is 17.2 Å². The van der Waals surface area contributed by atoms with Crippen LogP contribution >= 0.6 is 17.0 Å². The van der Waals surface area contributed by atoms with Crippen LogP contribution in [0.5, 0.6) is 5.75 Å². The molecule has 166 valence electrons. The molecule has 0 unspecified atom stereocenters. The Hall–Kier alpha value is -0.280. The van der Waals surface area contributed by atoms with E-state index in [-0.39, 0.29) is 5.41 Å². The molecule has 0 fully saturated rings. The summed E-state index contributed by atoms with van der Waals surface area (Å²) >= 11 is -0.826. The zero-order valence-corrected chi connectivity index (χ0v) is 24.9. The first-order valence-corrected chi connectivity index (χ1v) is 19.8. The van der Waals surface area contributed by atoms with E-state index in [2.05, 4.69) is 103 Å². The molecule has 0 saturated heterocycles. The zero-order chi connectivity index (χ0) is 23.3. The third-order valence-electron chi connectivity index (χ3n) is 5.83. The standard InChI is InChI=1S/C24H37NOSi.2ClH.Zr/c1-10-18-13-11-14-19(17(2)3)22(18)25(7)27(8,9)21-16-12-15-20(23(21)26)24(4,5)6;;;/h11-17,26H,10H2,1-9H3;2*1H;/q;;;+2/p-2. The van der Waals surface area contributed by atoms with Crippen molar-refractivity contribution in [2.24, 2.45) is 0 Å². The van der Waals surface area contributed by atoms with Crippen LogP contribution in [-0.4, -0.2) is 20.4 Å². The molecule has 0 aliphatic rings. The van der Waals surface area contributed by atoms with E-state index in [1.807, 2.05) is 0 Å². The number of rotatable bonds is 5. The molecule has 1 N–H and O–H groups in total. The average molecular weight is 546 g/mol. The van der Waals surface area contributed by atoms with Gasteiger partial charge < -0.3 is 9.67 Å². The molecule has 0 saturated carbocycles. The first-order valence-electron chi connectivity index (χ1n) is 10.5. The molecule has 2 nitrogen and oxygen atoms in total. The molecule has 0 aromatic heterocycles. The van der Waals surface area contributed by atoms with Crippen LogP contribution in [0.2, 0.25) is 13.1 Å². The molecule has 0 heterocycles. The predicted molar refractivity (Wildman–Crippen MR) is 134 cm³/mol. The zero-order valence-electron chi connectivity index (χ0n) is 19.9. The number of phenolic OH excluding ortho intramolecular Hbond substituents is 1. The van der Waals surface area contributed by atoms with Crippen molar-refractivity contribution < 1.29 is 26.0 Å². The molecule has 0 bridgehead atoms. The van der Waals surface area contributed by atoms with Gasteiger partial charge in [-0.1, -0.05) is 77.9 Å². The number of aromatic hydroxyl groups is 1. The van der Waals surface area contributed by atoms with Crippen LogP contribution in [0.4, 0.5) is 5.69 Å². The van der Waals surface area contributed by atoms with Crippen molar-refractivity contribution in [3.8, 4) is 5.75 Å². The van der Waals surface area contributed by atoms with Gasteiger partial charge in [0.15, 0.2) is 8.24 Å². The van der Waals surface area contributed by atoms with Gasteiger partial charge in [-0.15, -0.1) is 0 Å². The number of nitrogens with zero attached hydrogens (tertiary/aromatic N) is 1. The molecular weight excluding hydrogens is 508 g/mol. The monoisotopic (exact) mass is 543 g/mol. The summed E-state index contributed by atoms with van der Waals surface area (Å²) in [6.07, 6.45) is 1.01. The number of benzene rings is 2. The van der Waals surface area contributed by atoms with Gasteiger partial charge in [0.1, 0.15) is 5.75 Å². The van der Waals surface area contributed by atoms with Gasteiger partial charge in [-0.3, -0.25) is 0 Å². The van der Waals surface area contributed by atoms with Crippen molar-refractivity contribution >= 4 is 36.1 Å². The second-order valence-corrected chi connectivity index (χ2v) is 17.6. The summed E-state index contributed by atoms with van der Waals surface area (Å²) in [6.45, 7) is 17.9. The Bertz CT molecular complexity index is 834. The number of aryl methyl sites for hydroxylation is 1. The summed E-state index contributed by atoms with van der Waals surface area (Å²) in [5, 5.41) is 12.3. The van der Waals surface area contributed by atoms with Gasteiger partial charge in [0.25, 0.3) is 0 Å². The fourth-order valence-corrected chi connectivity index (χ4v) is 6.29. The van der Waals surface area contributed by atoms with Crippen molar-refractivity contribution in [2.45, 2.75) is 72.4 Å². The van der Waals surface area contributed by atoms with Gasteiger partial charge >= 0.3 is 37.9 Å². The number of hydrogen-bond acceptors (Lipinski definition) is 2. The molecule has 2 rings (SSSR count). The van der Waals surface area contributed by atoms with E-state index in [1.165, 1.54) is 16.8 Å². The molecule has 0 amide bonds. The fourth-order valence-electron chi connectivity index (χ4n) is 3.87. The van der Waals surface area contributed by atoms with Crippen LogP contribution in [0.3, 0.4) is 0 Å². The summed E-state index contributed by atoms with van der Waals surface area (Å²) in [5.41, 5.74) is 5.08. The van der Waals surface area contributed by atoms with Gasteiger partial charge in [-0.2, -0.15) is 0 Å². The van der Waals surface area contributed by atoms with Crippen molar-refractivity contribution in [1.29, 1.82) is 0 Å². The normalized spacial score (nSPS) is 11.7. The summed E-state index contributed by atoms with van der Waals surface area (Å²) in [4.78, 5) is 0. The topological polar surface area (TPSA) is 23.5 Å². The molecule has 2 aromatic rings. The van der Waals surface area contributed by atoms with E-state index in [9.17, 15) is 5.11 Å². The van der Waals surface area contributed by atoms with Crippen LogP contribution in [-0.2, 0) is 32.7 Å². The first kappa shape index (κ1) is 27.8. The van der Waals surface area contributed by atoms with E-state index >= 15 is 0 Å². The Balaban J connectivity index is 0.00000141. The Labute approximate surface area is 203 Å². The van der Waals surface area contributed by atoms with E-state index in [0.29, 0.717) is 11.7 Å². The minimum absolute atomic E-state index is 0.0758. The number of hydrogen-bond donors (Lipinski definition) is 1. The van der Waals surface area contributed by atoms with Crippen LogP contribution in [0.1, 0.15) is 64.2 Å². The summed E-state index contributed by atoms with van der Waals surface area (Å²) in [7, 11) is 9.97. The van der Waals surface area contributed by atoms with E-state index < -0.39 is 29.1 Å². The van der Waals surface area contributed by atoms with Crippen molar-refractivity contribution in [1.82, 2.24) is 0 Å². The maximum absolute atomic E-state index is 11.2. The number of phenols is 1. The van der Waals surface area contributed by atoms with Gasteiger partial charge in [-0.05, 0) is 54.6 Å². The van der Waals surface area contributed by atoms with Gasteiger partial charge in [-0.25, -0.2) is 0 Å². The Morgan fingerprint density at radius 1 is 1.07 bits per heavy atom. The van der Waals surface area contributed by atoms with Crippen LogP contribution < -0.4 is 9.75 Å². The average Bonchev–Trinajstić information content (AvgIpc) is 2.66. The number of para-hydroxylation sites is 2. The second-order valence-electron chi connectivity index (χ2n) is 9.50. The van der Waals surface area contributed by atoms with Gasteiger partial charge in [0, 0.05) is 10.9 Å². The summed E-state index contributed by atoms with van der Waals surface area (Å²) < 4.78 is 2.49. The molecule has 2 aromatic carbocycles. The molecule has 30 heavy (non-hydrogen) atoms. The predicted octanol–water partition coefficient (Wildman–Crippen LogP) is 7.30. The molecule has 0 spiro atoms. The quantitative estimate of drug-likeness (QED) is 0.399. The number of halogens is 2. The second kappa shape index (κ2) is 11.5. The first-order chi connectivity index (χ1) is 13.8.